The van der Waals surface area contributed by atoms with Crippen molar-refractivity contribution in [2.45, 2.75) is 13.0 Å². The van der Waals surface area contributed by atoms with E-state index >= 15 is 0 Å². The van der Waals surface area contributed by atoms with Crippen molar-refractivity contribution in [3.63, 3.8) is 0 Å². The quantitative estimate of drug-likeness (QED) is 0.873. The molecule has 0 amide bonds. The first-order valence-corrected chi connectivity index (χ1v) is 6.01. The average molecular weight is 229 g/mol. The second kappa shape index (κ2) is 5.25. The lowest BCUT2D eigenvalue weighted by Gasteiger charge is -2.26. The van der Waals surface area contributed by atoms with Gasteiger partial charge in [0.2, 0.25) is 0 Å². The average Bonchev–Trinajstić information content (AvgIpc) is 2.39. The molecule has 0 aliphatic heterocycles. The SMILES string of the molecule is CCN(C)C(CN)c1ccc2ncccc2c1. The van der Waals surface area contributed by atoms with Crippen LogP contribution in [0.3, 0.4) is 0 Å². The molecule has 2 rings (SSSR count). The van der Waals surface area contributed by atoms with Gasteiger partial charge in [-0.2, -0.15) is 0 Å². The monoisotopic (exact) mass is 229 g/mol. The van der Waals surface area contributed by atoms with E-state index in [-0.39, 0.29) is 6.04 Å². The summed E-state index contributed by atoms with van der Waals surface area (Å²) in [5.41, 5.74) is 8.16. The van der Waals surface area contributed by atoms with E-state index in [9.17, 15) is 0 Å². The van der Waals surface area contributed by atoms with Gasteiger partial charge in [0.1, 0.15) is 0 Å². The summed E-state index contributed by atoms with van der Waals surface area (Å²) in [5, 5.41) is 1.17. The number of aromatic nitrogens is 1. The summed E-state index contributed by atoms with van der Waals surface area (Å²) in [6.45, 7) is 3.77. The standard InChI is InChI=1S/C14H19N3/c1-3-17(2)14(10-15)12-6-7-13-11(9-12)5-4-8-16-13/h4-9,14H,3,10,15H2,1-2H3. The third kappa shape index (κ3) is 2.46. The van der Waals surface area contributed by atoms with Gasteiger partial charge in [-0.25, -0.2) is 0 Å². The molecule has 0 aliphatic rings. The van der Waals surface area contributed by atoms with Crippen molar-refractivity contribution < 1.29 is 0 Å². The van der Waals surface area contributed by atoms with E-state index < -0.39 is 0 Å². The van der Waals surface area contributed by atoms with Crippen LogP contribution >= 0.6 is 0 Å². The Morgan fingerprint density at radius 3 is 2.88 bits per heavy atom. The van der Waals surface area contributed by atoms with Gasteiger partial charge < -0.3 is 5.73 Å². The predicted octanol–water partition coefficient (Wildman–Crippen LogP) is 2.19. The fourth-order valence-corrected chi connectivity index (χ4v) is 2.09. The molecule has 3 nitrogen and oxygen atoms in total. The van der Waals surface area contributed by atoms with Gasteiger partial charge in [0.25, 0.3) is 0 Å². The molecule has 1 atom stereocenters. The normalized spacial score (nSPS) is 13.2. The van der Waals surface area contributed by atoms with Crippen LogP contribution in [0.5, 0.6) is 0 Å². The molecular formula is C14H19N3. The molecule has 0 radical (unpaired) electrons. The lowest BCUT2D eigenvalue weighted by Crippen LogP contribution is -2.30. The van der Waals surface area contributed by atoms with Crippen molar-refractivity contribution in [2.24, 2.45) is 5.73 Å². The number of hydrogen-bond donors (Lipinski definition) is 1. The van der Waals surface area contributed by atoms with E-state index in [4.69, 9.17) is 5.73 Å². The van der Waals surface area contributed by atoms with Crippen molar-refractivity contribution in [2.75, 3.05) is 20.1 Å². The molecule has 0 spiro atoms. The molecule has 0 bridgehead atoms. The highest BCUT2D eigenvalue weighted by molar-refractivity contribution is 5.79. The Morgan fingerprint density at radius 2 is 2.18 bits per heavy atom. The number of likely N-dealkylation sites (N-methyl/N-ethyl adjacent to an activating group) is 1. The molecule has 1 heterocycles. The number of hydrogen-bond acceptors (Lipinski definition) is 3. The van der Waals surface area contributed by atoms with E-state index in [1.165, 1.54) is 10.9 Å². The van der Waals surface area contributed by atoms with Gasteiger partial charge in [0, 0.05) is 24.2 Å². The predicted molar refractivity (Wildman–Crippen MR) is 71.8 cm³/mol. The van der Waals surface area contributed by atoms with Crippen molar-refractivity contribution in [3.05, 3.63) is 42.1 Å². The highest BCUT2D eigenvalue weighted by Gasteiger charge is 2.14. The second-order valence-corrected chi connectivity index (χ2v) is 4.28. The fourth-order valence-electron chi connectivity index (χ4n) is 2.09. The van der Waals surface area contributed by atoms with Gasteiger partial charge in [0.15, 0.2) is 0 Å². The largest absolute Gasteiger partial charge is 0.329 e. The lowest BCUT2D eigenvalue weighted by atomic mass is 10.0. The van der Waals surface area contributed by atoms with Crippen molar-refractivity contribution in [1.82, 2.24) is 9.88 Å². The maximum atomic E-state index is 5.87. The van der Waals surface area contributed by atoms with Crippen LogP contribution in [0.2, 0.25) is 0 Å². The summed E-state index contributed by atoms with van der Waals surface area (Å²) in [6.07, 6.45) is 1.82. The van der Waals surface area contributed by atoms with Crippen molar-refractivity contribution >= 4 is 10.9 Å². The zero-order valence-corrected chi connectivity index (χ0v) is 10.4. The molecule has 3 heteroatoms. The summed E-state index contributed by atoms with van der Waals surface area (Å²) >= 11 is 0. The van der Waals surface area contributed by atoms with Crippen molar-refractivity contribution in [1.29, 1.82) is 0 Å². The smallest absolute Gasteiger partial charge is 0.0702 e. The zero-order chi connectivity index (χ0) is 12.3. The molecule has 17 heavy (non-hydrogen) atoms. The Labute approximate surface area is 102 Å². The molecule has 90 valence electrons. The Bertz CT molecular complexity index is 496. The minimum Gasteiger partial charge on any atom is -0.329 e. The first-order chi connectivity index (χ1) is 8.26. The van der Waals surface area contributed by atoms with E-state index in [1.807, 2.05) is 12.3 Å². The van der Waals surface area contributed by atoms with Crippen LogP contribution in [0.4, 0.5) is 0 Å². The van der Waals surface area contributed by atoms with Crippen LogP contribution < -0.4 is 5.73 Å². The van der Waals surface area contributed by atoms with E-state index in [0.717, 1.165) is 12.1 Å². The molecule has 0 saturated heterocycles. The molecule has 0 aliphatic carbocycles. The highest BCUT2D eigenvalue weighted by atomic mass is 15.1. The number of pyridine rings is 1. The number of rotatable bonds is 4. The van der Waals surface area contributed by atoms with Gasteiger partial charge in [-0.1, -0.05) is 19.1 Å². The van der Waals surface area contributed by atoms with E-state index in [2.05, 4.69) is 48.1 Å². The maximum Gasteiger partial charge on any atom is 0.0702 e. The third-order valence-electron chi connectivity index (χ3n) is 3.27. The maximum absolute atomic E-state index is 5.87. The molecule has 0 saturated carbocycles. The molecule has 1 aromatic heterocycles. The summed E-state index contributed by atoms with van der Waals surface area (Å²) in [6, 6.07) is 10.7. The first kappa shape index (κ1) is 12.0. The third-order valence-corrected chi connectivity index (χ3v) is 3.27. The Kier molecular flexibility index (Phi) is 3.71. The Balaban J connectivity index is 2.40. The van der Waals surface area contributed by atoms with E-state index in [0.29, 0.717) is 6.54 Å². The van der Waals surface area contributed by atoms with Crippen molar-refractivity contribution in [3.8, 4) is 0 Å². The molecule has 1 unspecified atom stereocenters. The van der Waals surface area contributed by atoms with Crippen LogP contribution in [0.15, 0.2) is 36.5 Å². The minimum absolute atomic E-state index is 0.282. The lowest BCUT2D eigenvalue weighted by molar-refractivity contribution is 0.263. The molecule has 2 aromatic rings. The highest BCUT2D eigenvalue weighted by Crippen LogP contribution is 2.22. The molecule has 0 fully saturated rings. The zero-order valence-electron chi connectivity index (χ0n) is 10.4. The van der Waals surface area contributed by atoms with Gasteiger partial charge in [-0.15, -0.1) is 0 Å². The number of fused-ring (bicyclic) bond motifs is 1. The number of benzene rings is 1. The number of nitrogens with two attached hydrogens (primary N) is 1. The molecule has 2 N–H and O–H groups in total. The summed E-state index contributed by atoms with van der Waals surface area (Å²) in [4.78, 5) is 6.59. The summed E-state index contributed by atoms with van der Waals surface area (Å²) < 4.78 is 0. The molecule has 1 aromatic carbocycles. The van der Waals surface area contributed by atoms with Gasteiger partial charge >= 0.3 is 0 Å². The minimum atomic E-state index is 0.282. The second-order valence-electron chi connectivity index (χ2n) is 4.28. The van der Waals surface area contributed by atoms with E-state index in [1.54, 1.807) is 0 Å². The topological polar surface area (TPSA) is 42.1 Å². The Morgan fingerprint density at radius 1 is 1.35 bits per heavy atom. The number of nitrogens with zero attached hydrogens (tertiary/aromatic N) is 2. The van der Waals surface area contributed by atoms with Gasteiger partial charge in [-0.05, 0) is 37.4 Å². The van der Waals surface area contributed by atoms with Crippen LogP contribution in [0.1, 0.15) is 18.5 Å². The van der Waals surface area contributed by atoms with Crippen LogP contribution in [0, 0.1) is 0 Å². The van der Waals surface area contributed by atoms with Crippen LogP contribution in [0.25, 0.3) is 10.9 Å². The van der Waals surface area contributed by atoms with Gasteiger partial charge in [0.05, 0.1) is 5.52 Å². The van der Waals surface area contributed by atoms with Crippen LogP contribution in [-0.2, 0) is 0 Å². The molecular weight excluding hydrogens is 210 g/mol. The summed E-state index contributed by atoms with van der Waals surface area (Å²) in [5.74, 6) is 0. The Hall–Kier alpha value is -1.45. The van der Waals surface area contributed by atoms with Crippen LogP contribution in [-0.4, -0.2) is 30.0 Å². The van der Waals surface area contributed by atoms with Gasteiger partial charge in [-0.3, -0.25) is 9.88 Å². The fraction of sp³-hybridized carbons (Fsp3) is 0.357. The summed E-state index contributed by atoms with van der Waals surface area (Å²) in [7, 11) is 2.10. The first-order valence-electron chi connectivity index (χ1n) is 6.01.